The number of nitrogens with zero attached hydrogens (tertiary/aromatic N) is 2. The van der Waals surface area contributed by atoms with Gasteiger partial charge in [0, 0.05) is 13.2 Å². The molecular weight excluding hydrogens is 220 g/mol. The zero-order chi connectivity index (χ0) is 13.2. The SMILES string of the molecule is CCCCCCC(CCCC)Cc1cnn(C)c1. The predicted molar refractivity (Wildman–Crippen MR) is 78.7 cm³/mol. The van der Waals surface area contributed by atoms with Gasteiger partial charge < -0.3 is 0 Å². The minimum absolute atomic E-state index is 0.867. The molecule has 0 aliphatic carbocycles. The van der Waals surface area contributed by atoms with Crippen molar-refractivity contribution in [3.05, 3.63) is 18.0 Å². The topological polar surface area (TPSA) is 17.8 Å². The van der Waals surface area contributed by atoms with Crippen LogP contribution < -0.4 is 0 Å². The molecule has 0 aliphatic heterocycles. The molecule has 18 heavy (non-hydrogen) atoms. The Morgan fingerprint density at radius 1 is 1.06 bits per heavy atom. The molecule has 0 fully saturated rings. The Bertz CT molecular complexity index is 304. The lowest BCUT2D eigenvalue weighted by Gasteiger charge is -2.15. The molecule has 0 amide bonds. The average Bonchev–Trinajstić information content (AvgIpc) is 2.77. The summed E-state index contributed by atoms with van der Waals surface area (Å²) in [6, 6.07) is 0. The van der Waals surface area contributed by atoms with Crippen LogP contribution in [0.25, 0.3) is 0 Å². The van der Waals surface area contributed by atoms with Crippen LogP contribution in [0.1, 0.15) is 70.8 Å². The summed E-state index contributed by atoms with van der Waals surface area (Å²) >= 11 is 0. The van der Waals surface area contributed by atoms with Gasteiger partial charge >= 0.3 is 0 Å². The normalized spacial score (nSPS) is 12.8. The highest BCUT2D eigenvalue weighted by molar-refractivity contribution is 5.04. The number of aryl methyl sites for hydroxylation is 1. The lowest BCUT2D eigenvalue weighted by Crippen LogP contribution is -2.04. The summed E-state index contributed by atoms with van der Waals surface area (Å²) < 4.78 is 1.92. The predicted octanol–water partition coefficient (Wildman–Crippen LogP) is 4.74. The molecule has 0 bridgehead atoms. The number of hydrogen-bond acceptors (Lipinski definition) is 1. The van der Waals surface area contributed by atoms with E-state index in [0.29, 0.717) is 0 Å². The maximum atomic E-state index is 4.28. The summed E-state index contributed by atoms with van der Waals surface area (Å²) in [5.74, 6) is 0.867. The maximum absolute atomic E-state index is 4.28. The Labute approximate surface area is 113 Å². The first kappa shape index (κ1) is 15.3. The first-order chi connectivity index (χ1) is 8.76. The van der Waals surface area contributed by atoms with E-state index in [1.54, 1.807) is 0 Å². The summed E-state index contributed by atoms with van der Waals surface area (Å²) in [6.45, 7) is 4.57. The molecule has 1 atom stereocenters. The van der Waals surface area contributed by atoms with Crippen molar-refractivity contribution in [1.29, 1.82) is 0 Å². The summed E-state index contributed by atoms with van der Waals surface area (Å²) in [7, 11) is 2.01. The molecular formula is C16H30N2. The molecule has 0 spiro atoms. The molecule has 0 saturated carbocycles. The fraction of sp³-hybridized carbons (Fsp3) is 0.812. The Kier molecular flexibility index (Phi) is 7.79. The third kappa shape index (κ3) is 6.23. The van der Waals surface area contributed by atoms with Gasteiger partial charge in [-0.2, -0.15) is 5.10 Å². The number of aromatic nitrogens is 2. The van der Waals surface area contributed by atoms with Crippen LogP contribution in [0.3, 0.4) is 0 Å². The monoisotopic (exact) mass is 250 g/mol. The van der Waals surface area contributed by atoms with E-state index in [1.807, 2.05) is 17.9 Å². The number of unbranched alkanes of at least 4 members (excludes halogenated alkanes) is 4. The third-order valence-corrected chi connectivity index (χ3v) is 3.71. The first-order valence-electron chi connectivity index (χ1n) is 7.73. The van der Waals surface area contributed by atoms with Crippen LogP contribution >= 0.6 is 0 Å². The third-order valence-electron chi connectivity index (χ3n) is 3.71. The number of rotatable bonds is 10. The molecule has 0 aliphatic rings. The molecule has 0 radical (unpaired) electrons. The van der Waals surface area contributed by atoms with Gasteiger partial charge in [0.25, 0.3) is 0 Å². The second-order valence-electron chi connectivity index (χ2n) is 5.58. The van der Waals surface area contributed by atoms with Gasteiger partial charge in [-0.05, 0) is 17.9 Å². The molecule has 1 rings (SSSR count). The molecule has 2 nitrogen and oxygen atoms in total. The van der Waals surface area contributed by atoms with E-state index >= 15 is 0 Å². The van der Waals surface area contributed by atoms with Gasteiger partial charge in [0.1, 0.15) is 0 Å². The van der Waals surface area contributed by atoms with Gasteiger partial charge in [-0.1, -0.05) is 65.2 Å². The van der Waals surface area contributed by atoms with Gasteiger partial charge in [-0.3, -0.25) is 4.68 Å². The smallest absolute Gasteiger partial charge is 0.0521 e. The van der Waals surface area contributed by atoms with Crippen molar-refractivity contribution in [3.8, 4) is 0 Å². The average molecular weight is 250 g/mol. The Hall–Kier alpha value is -0.790. The van der Waals surface area contributed by atoms with Crippen LogP contribution in [0.4, 0.5) is 0 Å². The minimum Gasteiger partial charge on any atom is -0.276 e. The number of hydrogen-bond donors (Lipinski definition) is 0. The van der Waals surface area contributed by atoms with Crippen molar-refractivity contribution in [3.63, 3.8) is 0 Å². The van der Waals surface area contributed by atoms with Crippen molar-refractivity contribution >= 4 is 0 Å². The molecule has 0 aromatic carbocycles. The van der Waals surface area contributed by atoms with Crippen molar-refractivity contribution in [2.45, 2.75) is 71.6 Å². The Balaban J connectivity index is 2.34. The van der Waals surface area contributed by atoms with Crippen LogP contribution in [-0.2, 0) is 13.5 Å². The summed E-state index contributed by atoms with van der Waals surface area (Å²) in [5.41, 5.74) is 1.41. The largest absolute Gasteiger partial charge is 0.276 e. The van der Waals surface area contributed by atoms with Gasteiger partial charge in [-0.15, -0.1) is 0 Å². The van der Waals surface area contributed by atoms with Gasteiger partial charge in [0.2, 0.25) is 0 Å². The molecule has 104 valence electrons. The fourth-order valence-electron chi connectivity index (χ4n) is 2.61. The molecule has 1 aromatic rings. The van der Waals surface area contributed by atoms with Crippen LogP contribution in [0, 0.1) is 5.92 Å². The van der Waals surface area contributed by atoms with Gasteiger partial charge in [-0.25, -0.2) is 0 Å². The molecule has 1 heterocycles. The van der Waals surface area contributed by atoms with E-state index in [-0.39, 0.29) is 0 Å². The Morgan fingerprint density at radius 3 is 2.39 bits per heavy atom. The second kappa shape index (κ2) is 9.18. The van der Waals surface area contributed by atoms with Gasteiger partial charge in [0.05, 0.1) is 6.20 Å². The lowest BCUT2D eigenvalue weighted by atomic mass is 9.90. The van der Waals surface area contributed by atoms with Crippen molar-refractivity contribution in [2.24, 2.45) is 13.0 Å². The summed E-state index contributed by atoms with van der Waals surface area (Å²) in [6.07, 6.45) is 16.4. The van der Waals surface area contributed by atoms with Crippen molar-refractivity contribution in [1.82, 2.24) is 9.78 Å². The highest BCUT2D eigenvalue weighted by Gasteiger charge is 2.10. The van der Waals surface area contributed by atoms with E-state index in [2.05, 4.69) is 25.1 Å². The highest BCUT2D eigenvalue weighted by Crippen LogP contribution is 2.21. The second-order valence-corrected chi connectivity index (χ2v) is 5.58. The lowest BCUT2D eigenvalue weighted by molar-refractivity contribution is 0.410. The Morgan fingerprint density at radius 2 is 1.78 bits per heavy atom. The quantitative estimate of drug-likeness (QED) is 0.548. The maximum Gasteiger partial charge on any atom is 0.0521 e. The molecule has 2 heteroatoms. The van der Waals surface area contributed by atoms with Crippen molar-refractivity contribution in [2.75, 3.05) is 0 Å². The zero-order valence-electron chi connectivity index (χ0n) is 12.5. The zero-order valence-corrected chi connectivity index (χ0v) is 12.5. The van der Waals surface area contributed by atoms with Crippen LogP contribution in [-0.4, -0.2) is 9.78 Å². The van der Waals surface area contributed by atoms with Crippen LogP contribution in [0.5, 0.6) is 0 Å². The van der Waals surface area contributed by atoms with Crippen LogP contribution in [0.15, 0.2) is 12.4 Å². The molecule has 0 saturated heterocycles. The first-order valence-corrected chi connectivity index (χ1v) is 7.73. The standard InChI is InChI=1S/C16H30N2/c1-4-6-8-9-11-15(10-7-5-2)12-16-13-17-18(3)14-16/h13-15H,4-12H2,1-3H3. The van der Waals surface area contributed by atoms with E-state index in [1.165, 1.54) is 63.4 Å². The molecule has 0 N–H and O–H groups in total. The molecule has 1 aromatic heterocycles. The fourth-order valence-corrected chi connectivity index (χ4v) is 2.61. The van der Waals surface area contributed by atoms with Crippen LogP contribution in [0.2, 0.25) is 0 Å². The van der Waals surface area contributed by atoms with E-state index < -0.39 is 0 Å². The summed E-state index contributed by atoms with van der Waals surface area (Å²) in [4.78, 5) is 0. The highest BCUT2D eigenvalue weighted by atomic mass is 15.2. The van der Waals surface area contributed by atoms with Crippen molar-refractivity contribution < 1.29 is 0 Å². The van der Waals surface area contributed by atoms with E-state index in [9.17, 15) is 0 Å². The van der Waals surface area contributed by atoms with Gasteiger partial charge in [0.15, 0.2) is 0 Å². The summed E-state index contributed by atoms with van der Waals surface area (Å²) in [5, 5.41) is 4.28. The van der Waals surface area contributed by atoms with E-state index in [4.69, 9.17) is 0 Å². The molecule has 1 unspecified atom stereocenters. The minimum atomic E-state index is 0.867. The van der Waals surface area contributed by atoms with E-state index in [0.717, 1.165) is 5.92 Å².